The number of hydrogen-bond donors (Lipinski definition) is 3. The van der Waals surface area contributed by atoms with Gasteiger partial charge in [0.25, 0.3) is 0 Å². The molecule has 4 aromatic rings. The van der Waals surface area contributed by atoms with E-state index >= 15 is 0 Å². The van der Waals surface area contributed by atoms with Gasteiger partial charge < -0.3 is 20.2 Å². The van der Waals surface area contributed by atoms with E-state index in [9.17, 15) is 20.1 Å². The van der Waals surface area contributed by atoms with Gasteiger partial charge in [-0.05, 0) is 60.5 Å². The molecule has 3 atom stereocenters. The molecule has 1 aliphatic heterocycles. The number of phenolic OH excluding ortho intramolecular Hbond substituents is 2. The summed E-state index contributed by atoms with van der Waals surface area (Å²) in [5, 5.41) is 31.2. The van der Waals surface area contributed by atoms with Crippen molar-refractivity contribution in [1.29, 1.82) is 0 Å². The number of pyridine rings is 1. The summed E-state index contributed by atoms with van der Waals surface area (Å²) in [7, 11) is 0. The van der Waals surface area contributed by atoms with Crippen LogP contribution in [0.15, 0.2) is 85.1 Å². The predicted molar refractivity (Wildman–Crippen MR) is 147 cm³/mol. The summed E-state index contributed by atoms with van der Waals surface area (Å²) in [4.78, 5) is 19.4. The standard InChI is InChI=1S/C29H25ClN2O4S/c1-17-2-3-20(15-31-17)18-6-10-22(11-7-18)32-27(24-13-12-23(33)14-25(24)34)28(29(32)36)37-16-26(35)19-4-8-21(30)9-5-19/h2-15,26-28,33-35H,16H2,1H3/t26-,27+,28+/m0/s1. The van der Waals surface area contributed by atoms with E-state index in [0.717, 1.165) is 16.8 Å². The second-order valence-electron chi connectivity index (χ2n) is 8.95. The van der Waals surface area contributed by atoms with Crippen molar-refractivity contribution in [2.45, 2.75) is 24.3 Å². The minimum absolute atomic E-state index is 0.0585. The van der Waals surface area contributed by atoms with E-state index < -0.39 is 17.4 Å². The monoisotopic (exact) mass is 532 g/mol. The number of halogens is 1. The maximum absolute atomic E-state index is 13.4. The lowest BCUT2D eigenvalue weighted by Crippen LogP contribution is -2.57. The van der Waals surface area contributed by atoms with Crippen LogP contribution >= 0.6 is 23.4 Å². The summed E-state index contributed by atoms with van der Waals surface area (Å²) >= 11 is 7.29. The second kappa shape index (κ2) is 10.5. The number of carbonyl (C=O) groups is 1. The van der Waals surface area contributed by atoms with Crippen molar-refractivity contribution in [3.05, 3.63) is 107 Å². The van der Waals surface area contributed by atoms with Crippen LogP contribution in [0.4, 0.5) is 5.69 Å². The van der Waals surface area contributed by atoms with Gasteiger partial charge in [-0.1, -0.05) is 41.9 Å². The van der Waals surface area contributed by atoms with Gasteiger partial charge in [-0.3, -0.25) is 9.78 Å². The highest BCUT2D eigenvalue weighted by Gasteiger charge is 2.50. The quantitative estimate of drug-likeness (QED) is 0.251. The average Bonchev–Trinajstić information content (AvgIpc) is 2.89. The van der Waals surface area contributed by atoms with Crippen molar-refractivity contribution in [2.24, 2.45) is 0 Å². The predicted octanol–water partition coefficient (Wildman–Crippen LogP) is 6.04. The fourth-order valence-corrected chi connectivity index (χ4v) is 5.84. The molecule has 0 spiro atoms. The summed E-state index contributed by atoms with van der Waals surface area (Å²) in [5.41, 5.74) is 4.83. The molecule has 0 saturated carbocycles. The maximum Gasteiger partial charge on any atom is 0.243 e. The fraction of sp³-hybridized carbons (Fsp3) is 0.172. The van der Waals surface area contributed by atoms with Gasteiger partial charge in [-0.25, -0.2) is 0 Å². The molecule has 37 heavy (non-hydrogen) atoms. The van der Waals surface area contributed by atoms with Gasteiger partial charge in [0.15, 0.2) is 0 Å². The molecular formula is C29H25ClN2O4S. The summed E-state index contributed by atoms with van der Waals surface area (Å²) < 4.78 is 0. The van der Waals surface area contributed by atoms with E-state index in [1.165, 1.54) is 23.9 Å². The molecule has 0 radical (unpaired) electrons. The molecule has 1 saturated heterocycles. The van der Waals surface area contributed by atoms with Crippen LogP contribution in [0.3, 0.4) is 0 Å². The summed E-state index contributed by atoms with van der Waals surface area (Å²) in [6.45, 7) is 1.93. The van der Waals surface area contributed by atoms with E-state index in [1.54, 1.807) is 35.2 Å². The number of hydrogen-bond acceptors (Lipinski definition) is 6. The SMILES string of the molecule is Cc1ccc(-c2ccc(N3C(=O)[C@H](SC[C@H](O)c4ccc(Cl)cc4)[C@H]3c3ccc(O)cc3O)cc2)cn1. The lowest BCUT2D eigenvalue weighted by atomic mass is 9.91. The van der Waals surface area contributed by atoms with Gasteiger partial charge >= 0.3 is 0 Å². The molecular weight excluding hydrogens is 508 g/mol. The minimum Gasteiger partial charge on any atom is -0.508 e. The first kappa shape index (κ1) is 25.1. The Morgan fingerprint density at radius 2 is 1.68 bits per heavy atom. The Morgan fingerprint density at radius 3 is 2.32 bits per heavy atom. The van der Waals surface area contributed by atoms with Crippen molar-refractivity contribution in [3.63, 3.8) is 0 Å². The number of amides is 1. The van der Waals surface area contributed by atoms with Crippen LogP contribution in [0, 0.1) is 6.92 Å². The topological polar surface area (TPSA) is 93.9 Å². The van der Waals surface area contributed by atoms with Crippen LogP contribution < -0.4 is 4.90 Å². The van der Waals surface area contributed by atoms with Crippen LogP contribution in [-0.4, -0.2) is 37.2 Å². The summed E-state index contributed by atoms with van der Waals surface area (Å²) in [5.74, 6) is 0.0294. The lowest BCUT2D eigenvalue weighted by Gasteiger charge is -2.47. The highest BCUT2D eigenvalue weighted by atomic mass is 35.5. The number of aliphatic hydroxyl groups is 1. The molecule has 0 aliphatic carbocycles. The molecule has 188 valence electrons. The number of benzene rings is 3. The third-order valence-electron chi connectivity index (χ3n) is 6.46. The van der Waals surface area contributed by atoms with Crippen molar-refractivity contribution >= 4 is 35.0 Å². The maximum atomic E-state index is 13.4. The zero-order valence-electron chi connectivity index (χ0n) is 20.0. The van der Waals surface area contributed by atoms with Crippen LogP contribution in [0.25, 0.3) is 11.1 Å². The Morgan fingerprint density at radius 1 is 0.973 bits per heavy atom. The third kappa shape index (κ3) is 5.16. The average molecular weight is 533 g/mol. The largest absolute Gasteiger partial charge is 0.508 e. The molecule has 2 heterocycles. The molecule has 1 amide bonds. The first-order chi connectivity index (χ1) is 17.8. The highest BCUT2D eigenvalue weighted by molar-refractivity contribution is 8.00. The number of nitrogens with zero attached hydrogens (tertiary/aromatic N) is 2. The van der Waals surface area contributed by atoms with Gasteiger partial charge in [0, 0.05) is 45.5 Å². The molecule has 0 bridgehead atoms. The van der Waals surface area contributed by atoms with Crippen LogP contribution in [0.5, 0.6) is 11.5 Å². The zero-order chi connectivity index (χ0) is 26.1. The normalized spacial score (nSPS) is 17.9. The fourth-order valence-electron chi connectivity index (χ4n) is 4.43. The van der Waals surface area contributed by atoms with Gasteiger partial charge in [0.2, 0.25) is 5.91 Å². The highest BCUT2D eigenvalue weighted by Crippen LogP contribution is 2.48. The van der Waals surface area contributed by atoms with Gasteiger partial charge in [0.05, 0.1) is 12.1 Å². The van der Waals surface area contributed by atoms with Crippen LogP contribution in [0.1, 0.15) is 29.0 Å². The molecule has 3 N–H and O–H groups in total. The van der Waals surface area contributed by atoms with Crippen molar-refractivity contribution in [2.75, 3.05) is 10.7 Å². The lowest BCUT2D eigenvalue weighted by molar-refractivity contribution is -0.123. The van der Waals surface area contributed by atoms with Crippen molar-refractivity contribution < 1.29 is 20.1 Å². The Labute approximate surface area is 224 Å². The number of β-lactam (4-membered cyclic amide) rings is 1. The van der Waals surface area contributed by atoms with Gasteiger partial charge in [-0.2, -0.15) is 0 Å². The van der Waals surface area contributed by atoms with E-state index in [-0.39, 0.29) is 17.4 Å². The first-order valence-corrected chi connectivity index (χ1v) is 13.2. The number of aliphatic hydroxyl groups excluding tert-OH is 1. The number of carbonyl (C=O) groups excluding carboxylic acids is 1. The molecule has 3 aromatic carbocycles. The van der Waals surface area contributed by atoms with Gasteiger partial charge in [0.1, 0.15) is 16.7 Å². The van der Waals surface area contributed by atoms with Gasteiger partial charge in [-0.15, -0.1) is 11.8 Å². The van der Waals surface area contributed by atoms with E-state index in [0.29, 0.717) is 27.6 Å². The smallest absolute Gasteiger partial charge is 0.243 e. The number of aryl methyl sites for hydroxylation is 1. The molecule has 5 rings (SSSR count). The minimum atomic E-state index is -0.777. The second-order valence-corrected chi connectivity index (χ2v) is 10.6. The molecule has 8 heteroatoms. The number of phenols is 2. The number of anilines is 1. The first-order valence-electron chi connectivity index (χ1n) is 11.7. The molecule has 6 nitrogen and oxygen atoms in total. The number of rotatable bonds is 7. The Balaban J connectivity index is 1.40. The molecule has 1 fully saturated rings. The van der Waals surface area contributed by atoms with E-state index in [4.69, 9.17) is 11.6 Å². The molecule has 1 aliphatic rings. The van der Waals surface area contributed by atoms with E-state index in [1.807, 2.05) is 49.5 Å². The summed E-state index contributed by atoms with van der Waals surface area (Å²) in [6, 6.07) is 22.5. The van der Waals surface area contributed by atoms with Crippen LogP contribution in [0.2, 0.25) is 5.02 Å². The number of aromatic nitrogens is 1. The Kier molecular flexibility index (Phi) is 7.11. The van der Waals surface area contributed by atoms with E-state index in [2.05, 4.69) is 4.98 Å². The zero-order valence-corrected chi connectivity index (χ0v) is 21.5. The number of aromatic hydroxyl groups is 2. The Hall–Kier alpha value is -3.52. The number of thioether (sulfide) groups is 1. The Bertz CT molecular complexity index is 1410. The third-order valence-corrected chi connectivity index (χ3v) is 8.04. The van der Waals surface area contributed by atoms with Crippen molar-refractivity contribution in [3.8, 4) is 22.6 Å². The molecule has 1 aromatic heterocycles. The molecule has 0 unspecified atom stereocenters. The summed E-state index contributed by atoms with van der Waals surface area (Å²) in [6.07, 6.45) is 1.04. The van der Waals surface area contributed by atoms with Crippen LogP contribution in [-0.2, 0) is 4.79 Å². The van der Waals surface area contributed by atoms with Crippen molar-refractivity contribution in [1.82, 2.24) is 4.98 Å².